The third-order valence-electron chi connectivity index (χ3n) is 7.65. The van der Waals surface area contributed by atoms with E-state index in [4.69, 9.17) is 33.2 Å². The van der Waals surface area contributed by atoms with Gasteiger partial charge in [0.15, 0.2) is 12.6 Å². The van der Waals surface area contributed by atoms with Crippen molar-refractivity contribution < 1.29 is 42.7 Å². The zero-order valence-corrected chi connectivity index (χ0v) is 24.4. The van der Waals surface area contributed by atoms with Crippen molar-refractivity contribution in [1.29, 1.82) is 0 Å². The van der Waals surface area contributed by atoms with E-state index in [1.54, 1.807) is 43.5 Å². The minimum atomic E-state index is -0.889. The van der Waals surface area contributed by atoms with Crippen molar-refractivity contribution in [3.63, 3.8) is 0 Å². The Kier molecular flexibility index (Phi) is 9.30. The summed E-state index contributed by atoms with van der Waals surface area (Å²) in [6.45, 7) is 3.64. The number of rotatable bonds is 6. The molecule has 5 rings (SSSR count). The van der Waals surface area contributed by atoms with Gasteiger partial charge in [0, 0.05) is 19.1 Å². The quantitative estimate of drug-likeness (QED) is 0.242. The van der Waals surface area contributed by atoms with Gasteiger partial charge < -0.3 is 33.2 Å². The minimum Gasteiger partial charge on any atom is -0.497 e. The summed E-state index contributed by atoms with van der Waals surface area (Å²) in [5.41, 5.74) is 1.32. The number of methoxy groups -OCH3 is 2. The maximum atomic E-state index is 13.7. The Balaban J connectivity index is 1.54. The van der Waals surface area contributed by atoms with E-state index in [-0.39, 0.29) is 18.8 Å². The van der Waals surface area contributed by atoms with Gasteiger partial charge in [0.25, 0.3) is 0 Å². The average molecular weight is 579 g/mol. The molecule has 9 heteroatoms. The van der Waals surface area contributed by atoms with E-state index in [1.807, 2.05) is 44.2 Å². The first-order valence-corrected chi connectivity index (χ1v) is 14.3. The molecular formula is C33H38O9. The average Bonchev–Trinajstić information content (AvgIpc) is 3.55. The van der Waals surface area contributed by atoms with Gasteiger partial charge in [0.2, 0.25) is 0 Å². The van der Waals surface area contributed by atoms with Gasteiger partial charge >= 0.3 is 11.9 Å². The number of ether oxygens (including phenoxy) is 7. The molecule has 2 aliphatic heterocycles. The van der Waals surface area contributed by atoms with Crippen LogP contribution in [-0.2, 0) is 23.7 Å². The number of hydrogen-bond donors (Lipinski definition) is 0. The highest BCUT2D eigenvalue weighted by Gasteiger charge is 2.46. The molecule has 2 fully saturated rings. The van der Waals surface area contributed by atoms with Gasteiger partial charge in [0.05, 0.1) is 18.8 Å². The lowest BCUT2D eigenvalue weighted by Crippen LogP contribution is -2.37. The van der Waals surface area contributed by atoms with Gasteiger partial charge in [-0.25, -0.2) is 9.59 Å². The molecule has 3 aliphatic rings. The second-order valence-corrected chi connectivity index (χ2v) is 11.1. The summed E-state index contributed by atoms with van der Waals surface area (Å²) in [7, 11) is 3.06. The number of hydrogen-bond acceptors (Lipinski definition) is 9. The van der Waals surface area contributed by atoms with E-state index in [1.165, 1.54) is 7.11 Å². The van der Waals surface area contributed by atoms with Crippen LogP contribution >= 0.6 is 0 Å². The van der Waals surface area contributed by atoms with Crippen molar-refractivity contribution in [1.82, 2.24) is 0 Å². The van der Waals surface area contributed by atoms with Gasteiger partial charge in [0.1, 0.15) is 35.4 Å². The molecule has 0 aromatic heterocycles. The fourth-order valence-corrected chi connectivity index (χ4v) is 5.72. The molecule has 2 aromatic carbocycles. The van der Waals surface area contributed by atoms with Crippen LogP contribution in [0.25, 0.3) is 6.08 Å². The fourth-order valence-electron chi connectivity index (χ4n) is 5.72. The molecule has 224 valence electrons. The largest absolute Gasteiger partial charge is 0.497 e. The van der Waals surface area contributed by atoms with E-state index >= 15 is 0 Å². The number of esters is 2. The first-order chi connectivity index (χ1) is 20.3. The molecule has 0 N–H and O–H groups in total. The Bertz CT molecular complexity index is 1320. The highest BCUT2D eigenvalue weighted by molar-refractivity contribution is 5.97. The summed E-state index contributed by atoms with van der Waals surface area (Å²) in [6, 6.07) is 12.3. The van der Waals surface area contributed by atoms with Gasteiger partial charge in [-0.1, -0.05) is 36.4 Å². The molecule has 9 nitrogen and oxygen atoms in total. The molecular weight excluding hydrogens is 540 g/mol. The molecule has 42 heavy (non-hydrogen) atoms. The van der Waals surface area contributed by atoms with E-state index in [0.717, 1.165) is 12.8 Å². The summed E-state index contributed by atoms with van der Waals surface area (Å²) in [5.74, 6) is -1.06. The first-order valence-electron chi connectivity index (χ1n) is 14.3. The molecule has 0 radical (unpaired) electrons. The molecule has 2 heterocycles. The lowest BCUT2D eigenvalue weighted by atomic mass is 9.98. The molecule has 2 aromatic rings. The Labute approximate surface area is 246 Å². The van der Waals surface area contributed by atoms with Gasteiger partial charge in [-0.15, -0.1) is 0 Å². The standard InChI is InChI=1S/C33H38O9/c1-33(2)41-27-15-9-13-23-18-24(37-4)19-28(38-20-36-3)29(23)32(35)39-25-14-8-12-21(25)16-17-26(30(27)42-33)40-31(34)22-10-6-5-7-11-22/h5-7,9-11,13,16-19,21,25-27,30H,8,12,14-15,20H2,1-4H3/t21-,25+,26?,27+,30-/m1/s1. The number of carbonyl (C=O) groups excluding carboxylic acids is 2. The van der Waals surface area contributed by atoms with E-state index in [0.29, 0.717) is 41.0 Å². The van der Waals surface area contributed by atoms with Crippen LogP contribution in [0.3, 0.4) is 0 Å². The zero-order valence-electron chi connectivity index (χ0n) is 24.4. The van der Waals surface area contributed by atoms with Crippen molar-refractivity contribution in [3.8, 4) is 11.5 Å². The van der Waals surface area contributed by atoms with Crippen molar-refractivity contribution >= 4 is 18.0 Å². The predicted molar refractivity (Wildman–Crippen MR) is 154 cm³/mol. The van der Waals surface area contributed by atoms with Gasteiger partial charge in [-0.05, 0) is 69.4 Å². The molecule has 5 atom stereocenters. The highest BCUT2D eigenvalue weighted by atomic mass is 16.8. The normalized spacial score (nSPS) is 26.8. The molecule has 0 spiro atoms. The molecule has 0 amide bonds. The Morgan fingerprint density at radius 2 is 1.83 bits per heavy atom. The second kappa shape index (κ2) is 13.1. The summed E-state index contributed by atoms with van der Waals surface area (Å²) in [4.78, 5) is 26.8. The molecule has 1 unspecified atom stereocenters. The molecule has 0 bridgehead atoms. The first kappa shape index (κ1) is 29.8. The van der Waals surface area contributed by atoms with E-state index in [2.05, 4.69) is 0 Å². The molecule has 1 aliphatic carbocycles. The third kappa shape index (κ3) is 6.86. The third-order valence-corrected chi connectivity index (χ3v) is 7.65. The van der Waals surface area contributed by atoms with Crippen LogP contribution in [0.4, 0.5) is 0 Å². The van der Waals surface area contributed by atoms with Crippen molar-refractivity contribution in [2.75, 3.05) is 21.0 Å². The SMILES string of the molecule is COCOc1cc(OC)cc2c1C(=O)O[C@H]1CCC[C@@H]1C=CC(OC(=O)c1ccccc1)[C@H]1OC(C)(C)O[C@H]1CC=C2. The lowest BCUT2D eigenvalue weighted by Gasteiger charge is -2.25. The topological polar surface area (TPSA) is 98.8 Å². The lowest BCUT2D eigenvalue weighted by molar-refractivity contribution is -0.152. The van der Waals surface area contributed by atoms with Crippen molar-refractivity contribution in [2.24, 2.45) is 5.92 Å². The smallest absolute Gasteiger partial charge is 0.342 e. The van der Waals surface area contributed by atoms with E-state index < -0.39 is 36.0 Å². The Hall–Kier alpha value is -3.66. The van der Waals surface area contributed by atoms with Crippen molar-refractivity contribution in [2.45, 2.75) is 69.7 Å². The number of carbonyl (C=O) groups is 2. The molecule has 1 saturated carbocycles. The fraction of sp³-hybridized carbons (Fsp3) is 0.455. The Morgan fingerprint density at radius 1 is 1.02 bits per heavy atom. The van der Waals surface area contributed by atoms with Crippen LogP contribution in [0, 0.1) is 5.92 Å². The highest BCUT2D eigenvalue weighted by Crippen LogP contribution is 2.37. The van der Waals surface area contributed by atoms with Crippen LogP contribution < -0.4 is 9.47 Å². The van der Waals surface area contributed by atoms with Crippen LogP contribution in [0.15, 0.2) is 60.7 Å². The predicted octanol–water partition coefficient (Wildman–Crippen LogP) is 5.72. The van der Waals surface area contributed by atoms with E-state index in [9.17, 15) is 9.59 Å². The van der Waals surface area contributed by atoms with Crippen LogP contribution in [0.1, 0.15) is 65.8 Å². The van der Waals surface area contributed by atoms with Gasteiger partial charge in [-0.3, -0.25) is 0 Å². The van der Waals surface area contributed by atoms with Gasteiger partial charge in [-0.2, -0.15) is 0 Å². The maximum absolute atomic E-state index is 13.7. The second-order valence-electron chi connectivity index (χ2n) is 11.1. The maximum Gasteiger partial charge on any atom is 0.342 e. The summed E-state index contributed by atoms with van der Waals surface area (Å²) in [5, 5.41) is 0. The summed E-state index contributed by atoms with van der Waals surface area (Å²) in [6.07, 6.45) is 8.35. The summed E-state index contributed by atoms with van der Waals surface area (Å²) >= 11 is 0. The monoisotopic (exact) mass is 578 g/mol. The number of benzene rings is 2. The van der Waals surface area contributed by atoms with Crippen LogP contribution in [-0.4, -0.2) is 63.2 Å². The van der Waals surface area contributed by atoms with Crippen molar-refractivity contribution in [3.05, 3.63) is 77.4 Å². The minimum absolute atomic E-state index is 0.0432. The zero-order chi connectivity index (χ0) is 29.7. The van der Waals surface area contributed by atoms with Crippen LogP contribution in [0.5, 0.6) is 11.5 Å². The Morgan fingerprint density at radius 3 is 2.60 bits per heavy atom. The molecule has 1 saturated heterocycles. The van der Waals surface area contributed by atoms with Crippen LogP contribution in [0.2, 0.25) is 0 Å². The number of fused-ring (bicyclic) bond motifs is 3. The summed E-state index contributed by atoms with van der Waals surface area (Å²) < 4.78 is 41.2.